The molecular weight excluding hydrogens is 736 g/mol. The van der Waals surface area contributed by atoms with Crippen LogP contribution in [0.3, 0.4) is 0 Å². The van der Waals surface area contributed by atoms with Gasteiger partial charge in [-0.3, -0.25) is 9.59 Å². The number of halogens is 4. The lowest BCUT2D eigenvalue weighted by molar-refractivity contribution is -0.190. The van der Waals surface area contributed by atoms with Crippen LogP contribution in [-0.2, 0) is 28.5 Å². The van der Waals surface area contributed by atoms with Gasteiger partial charge in [0, 0.05) is 50.6 Å². The van der Waals surface area contributed by atoms with E-state index in [1.807, 2.05) is 48.5 Å². The minimum atomic E-state index is -2.96. The summed E-state index contributed by atoms with van der Waals surface area (Å²) in [5.74, 6) is -6.08. The van der Waals surface area contributed by atoms with Crippen molar-refractivity contribution in [1.82, 2.24) is 30.6 Å². The minimum Gasteiger partial charge on any atom is -0.379 e. The number of carbonyl (C=O) groups is 2. The summed E-state index contributed by atoms with van der Waals surface area (Å²) in [6.45, 7) is 4.94. The molecule has 0 spiro atoms. The molecule has 0 saturated carbocycles. The summed E-state index contributed by atoms with van der Waals surface area (Å²) in [7, 11) is 3.02. The van der Waals surface area contributed by atoms with Gasteiger partial charge in [0.05, 0.1) is 23.6 Å². The van der Waals surface area contributed by atoms with Crippen LogP contribution in [0.1, 0.15) is 77.1 Å². The number of hydrogen-bond donors (Lipinski definition) is 4. The van der Waals surface area contributed by atoms with E-state index in [1.54, 1.807) is 26.2 Å². The SMILES string of the molecule is CO[C@H](C)[C@H](NC(=O)[C@@]1(C)CCC(F)(F)CO1)c1nc(-c2ccc(-c3ccc(-c4c[nH]c([C@@H](NC(=O)[C@@]5(C)CCC(F)(F)CO5)[C@@H](C)OC)n4)cc3)cc2)c[nH]1. The van der Waals surface area contributed by atoms with Gasteiger partial charge in [0.15, 0.2) is 0 Å². The van der Waals surface area contributed by atoms with Gasteiger partial charge >= 0.3 is 0 Å². The summed E-state index contributed by atoms with van der Waals surface area (Å²) >= 11 is 0. The van der Waals surface area contributed by atoms with Crippen LogP contribution in [0.15, 0.2) is 60.9 Å². The van der Waals surface area contributed by atoms with Crippen molar-refractivity contribution in [3.8, 4) is 33.6 Å². The molecule has 2 aliphatic rings. The molecule has 12 nitrogen and oxygen atoms in total. The summed E-state index contributed by atoms with van der Waals surface area (Å²) in [6, 6.07) is 14.2. The number of nitrogens with zero attached hydrogens (tertiary/aromatic N) is 2. The number of rotatable bonds is 13. The standard InChI is InChI=1S/C40H48F4N6O6/c1-23(53-5)31(49-35(51)37(3)15-17-39(41,42)21-55-37)33-45-19-29(47-33)27-11-7-25(8-12-27)26-9-13-28(14-10-26)30-20-46-34(48-30)32(24(2)54-6)50-36(52)38(4)16-18-40(43,44)22-56-38/h7-14,19-20,23-24,31-32H,15-18,21-22H2,1-6H3,(H,45,47)(H,46,48)(H,49,51)(H,50,52)/t23-,24-,31+,32+,37-,38-/m1/s1. The number of nitrogens with one attached hydrogen (secondary N) is 4. The van der Waals surface area contributed by atoms with Gasteiger partial charge < -0.3 is 39.5 Å². The Morgan fingerprint density at radius 2 is 0.982 bits per heavy atom. The van der Waals surface area contributed by atoms with Gasteiger partial charge in [0.25, 0.3) is 23.7 Å². The summed E-state index contributed by atoms with van der Waals surface area (Å²) < 4.78 is 76.5. The third-order valence-electron chi connectivity index (χ3n) is 10.8. The highest BCUT2D eigenvalue weighted by molar-refractivity contribution is 5.86. The van der Waals surface area contributed by atoms with Gasteiger partial charge in [-0.05, 0) is 51.7 Å². The van der Waals surface area contributed by atoms with Crippen molar-refractivity contribution in [2.75, 3.05) is 27.4 Å². The first-order valence-corrected chi connectivity index (χ1v) is 18.5. The van der Waals surface area contributed by atoms with Crippen molar-refractivity contribution >= 4 is 11.8 Å². The van der Waals surface area contributed by atoms with E-state index >= 15 is 0 Å². The third-order valence-corrected chi connectivity index (χ3v) is 10.8. The van der Waals surface area contributed by atoms with E-state index in [2.05, 4.69) is 20.6 Å². The summed E-state index contributed by atoms with van der Waals surface area (Å²) in [5, 5.41) is 5.78. The fourth-order valence-electron chi connectivity index (χ4n) is 6.65. The lowest BCUT2D eigenvalue weighted by Gasteiger charge is -2.37. The number of aromatic amines is 2. The van der Waals surface area contributed by atoms with Crippen LogP contribution in [-0.4, -0.2) is 94.4 Å². The molecule has 6 atom stereocenters. The molecule has 0 bridgehead atoms. The molecule has 4 aromatic rings. The second kappa shape index (κ2) is 16.1. The molecule has 0 unspecified atom stereocenters. The lowest BCUT2D eigenvalue weighted by Crippen LogP contribution is -2.54. The molecule has 2 aromatic carbocycles. The largest absolute Gasteiger partial charge is 0.379 e. The third kappa shape index (κ3) is 8.98. The Balaban J connectivity index is 1.11. The number of carbonyl (C=O) groups excluding carboxylic acids is 2. The average Bonchev–Trinajstić information content (AvgIpc) is 3.89. The van der Waals surface area contributed by atoms with E-state index in [0.717, 1.165) is 22.3 Å². The van der Waals surface area contributed by atoms with Crippen LogP contribution in [0.25, 0.3) is 33.6 Å². The molecule has 0 aliphatic carbocycles. The van der Waals surface area contributed by atoms with Crippen LogP contribution in [0, 0.1) is 0 Å². The maximum atomic E-state index is 13.7. The molecule has 4 heterocycles. The van der Waals surface area contributed by atoms with Gasteiger partial charge in [0.1, 0.15) is 48.1 Å². The van der Waals surface area contributed by atoms with Crippen LogP contribution in [0.4, 0.5) is 17.6 Å². The smallest absolute Gasteiger partial charge is 0.271 e. The Morgan fingerprint density at radius 1 is 0.643 bits per heavy atom. The highest BCUT2D eigenvalue weighted by Crippen LogP contribution is 2.37. The number of benzene rings is 2. The van der Waals surface area contributed by atoms with Crippen LogP contribution < -0.4 is 10.6 Å². The number of ether oxygens (including phenoxy) is 4. The van der Waals surface area contributed by atoms with E-state index in [9.17, 15) is 27.2 Å². The molecule has 2 aliphatic heterocycles. The predicted octanol–water partition coefficient (Wildman–Crippen LogP) is 6.93. The molecule has 56 heavy (non-hydrogen) atoms. The Labute approximate surface area is 322 Å². The summed E-state index contributed by atoms with van der Waals surface area (Å²) in [4.78, 5) is 42.2. The topological polar surface area (TPSA) is 152 Å². The van der Waals surface area contributed by atoms with E-state index in [1.165, 1.54) is 28.1 Å². The lowest BCUT2D eigenvalue weighted by atomic mass is 9.92. The summed E-state index contributed by atoms with van der Waals surface area (Å²) in [6.07, 6.45) is 1.35. The number of amides is 2. The number of H-pyrrole nitrogens is 2. The van der Waals surface area contributed by atoms with E-state index < -0.39 is 85.2 Å². The maximum Gasteiger partial charge on any atom is 0.271 e. The van der Waals surface area contributed by atoms with Gasteiger partial charge in [-0.25, -0.2) is 27.5 Å². The zero-order chi connectivity index (χ0) is 40.5. The first-order chi connectivity index (χ1) is 26.4. The average molecular weight is 785 g/mol. The van der Waals surface area contributed by atoms with Crippen LogP contribution in [0.2, 0.25) is 0 Å². The molecular formula is C40H48F4N6O6. The molecule has 0 radical (unpaired) electrons. The Morgan fingerprint density at radius 3 is 1.29 bits per heavy atom. The number of imidazole rings is 2. The molecule has 4 N–H and O–H groups in total. The Hall–Kier alpha value is -4.64. The van der Waals surface area contributed by atoms with Crippen LogP contribution >= 0.6 is 0 Å². The minimum absolute atomic E-state index is 0.121. The van der Waals surface area contributed by atoms with Gasteiger partial charge in [-0.15, -0.1) is 0 Å². The molecule has 2 fully saturated rings. The summed E-state index contributed by atoms with van der Waals surface area (Å²) in [5.41, 5.74) is 2.03. The second-order valence-electron chi connectivity index (χ2n) is 15.0. The highest BCUT2D eigenvalue weighted by atomic mass is 19.3. The van der Waals surface area contributed by atoms with Gasteiger partial charge in [-0.1, -0.05) is 48.5 Å². The second-order valence-corrected chi connectivity index (χ2v) is 15.0. The van der Waals surface area contributed by atoms with Gasteiger partial charge in [-0.2, -0.15) is 0 Å². The molecule has 302 valence electrons. The van der Waals surface area contributed by atoms with Crippen molar-refractivity contribution in [3.63, 3.8) is 0 Å². The number of methoxy groups -OCH3 is 2. The van der Waals surface area contributed by atoms with Crippen LogP contribution in [0.5, 0.6) is 0 Å². The fraction of sp³-hybridized carbons (Fsp3) is 0.500. The Kier molecular flexibility index (Phi) is 11.8. The number of hydrogen-bond acceptors (Lipinski definition) is 8. The van der Waals surface area contributed by atoms with Gasteiger partial charge in [0.2, 0.25) is 0 Å². The quantitative estimate of drug-likeness (QED) is 0.107. The van der Waals surface area contributed by atoms with Crippen molar-refractivity contribution < 1.29 is 46.1 Å². The molecule has 2 aromatic heterocycles. The molecule has 2 amide bonds. The molecule has 6 rings (SSSR count). The zero-order valence-electron chi connectivity index (χ0n) is 32.2. The number of aromatic nitrogens is 4. The van der Waals surface area contributed by atoms with Crippen molar-refractivity contribution in [2.24, 2.45) is 0 Å². The molecule has 2 saturated heterocycles. The maximum absolute atomic E-state index is 13.7. The fourth-order valence-corrected chi connectivity index (χ4v) is 6.65. The first kappa shape index (κ1) is 41.0. The monoisotopic (exact) mass is 784 g/mol. The number of alkyl halides is 4. The van der Waals surface area contributed by atoms with Crippen molar-refractivity contribution in [2.45, 2.75) is 101 Å². The zero-order valence-corrected chi connectivity index (χ0v) is 32.2. The Bertz CT molecular complexity index is 1820. The van der Waals surface area contributed by atoms with E-state index in [-0.39, 0.29) is 12.8 Å². The molecule has 16 heteroatoms. The van der Waals surface area contributed by atoms with Crippen molar-refractivity contribution in [1.29, 1.82) is 0 Å². The normalized spacial score (nSPS) is 24.1. The van der Waals surface area contributed by atoms with E-state index in [0.29, 0.717) is 23.0 Å². The first-order valence-electron chi connectivity index (χ1n) is 18.5. The van der Waals surface area contributed by atoms with E-state index in [4.69, 9.17) is 28.9 Å². The van der Waals surface area contributed by atoms with Crippen molar-refractivity contribution in [3.05, 3.63) is 72.6 Å². The predicted molar refractivity (Wildman–Crippen MR) is 199 cm³/mol. The highest BCUT2D eigenvalue weighted by Gasteiger charge is 2.48.